The summed E-state index contributed by atoms with van der Waals surface area (Å²) >= 11 is 5.95. The van der Waals surface area contributed by atoms with Crippen LogP contribution in [0.2, 0.25) is 5.02 Å². The van der Waals surface area contributed by atoms with Gasteiger partial charge in [0.25, 0.3) is 10.0 Å². The molecule has 148 valence electrons. The summed E-state index contributed by atoms with van der Waals surface area (Å²) in [4.78, 5) is -0.0354. The number of aromatic nitrogens is 4. The number of benzene rings is 2. The van der Waals surface area contributed by atoms with Crippen LogP contribution in [0.15, 0.2) is 59.5 Å². The highest BCUT2D eigenvalue weighted by Crippen LogP contribution is 2.29. The predicted octanol–water partition coefficient (Wildman–Crippen LogP) is 3.56. The summed E-state index contributed by atoms with van der Waals surface area (Å²) in [6, 6.07) is 15.0. The van der Waals surface area contributed by atoms with Crippen molar-refractivity contribution in [3.8, 4) is 17.0 Å². The third-order valence-electron chi connectivity index (χ3n) is 4.27. The molecule has 2 heterocycles. The van der Waals surface area contributed by atoms with Crippen molar-refractivity contribution in [3.63, 3.8) is 0 Å². The molecule has 0 fully saturated rings. The molecule has 0 saturated heterocycles. The van der Waals surface area contributed by atoms with Crippen LogP contribution in [0.3, 0.4) is 0 Å². The zero-order valence-electron chi connectivity index (χ0n) is 15.5. The first kappa shape index (κ1) is 19.2. The van der Waals surface area contributed by atoms with Gasteiger partial charge in [0, 0.05) is 16.3 Å². The molecule has 0 aliphatic heterocycles. The van der Waals surface area contributed by atoms with Crippen LogP contribution in [-0.4, -0.2) is 35.3 Å². The van der Waals surface area contributed by atoms with E-state index in [9.17, 15) is 8.42 Å². The van der Waals surface area contributed by atoms with E-state index < -0.39 is 10.0 Å². The van der Waals surface area contributed by atoms with E-state index in [2.05, 4.69) is 20.0 Å². The van der Waals surface area contributed by atoms with Gasteiger partial charge in [0.2, 0.25) is 0 Å². The second kappa shape index (κ2) is 7.34. The number of nitrogens with one attached hydrogen (secondary N) is 1. The van der Waals surface area contributed by atoms with Gasteiger partial charge >= 0.3 is 0 Å². The first-order valence-corrected chi connectivity index (χ1v) is 10.4. The smallest absolute Gasteiger partial charge is 0.265 e. The number of anilines is 1. The van der Waals surface area contributed by atoms with Crippen molar-refractivity contribution < 1.29 is 13.2 Å². The lowest BCUT2D eigenvalue weighted by Crippen LogP contribution is -2.14. The Labute approximate surface area is 172 Å². The molecule has 0 aliphatic carbocycles. The maximum atomic E-state index is 12.8. The van der Waals surface area contributed by atoms with Gasteiger partial charge in [0.05, 0.1) is 12.8 Å². The maximum absolute atomic E-state index is 12.8. The molecule has 0 unspecified atom stereocenters. The van der Waals surface area contributed by atoms with E-state index in [0.29, 0.717) is 27.9 Å². The van der Waals surface area contributed by atoms with Crippen molar-refractivity contribution in [2.45, 2.75) is 11.8 Å². The Bertz CT molecular complexity index is 1300. The molecule has 0 radical (unpaired) electrons. The predicted molar refractivity (Wildman–Crippen MR) is 110 cm³/mol. The molecule has 0 saturated carbocycles. The SMILES string of the molecule is COc1ccc(Cl)cc1S(=O)(=O)Nc1ccc(-c2ccc3nnc(C)n3n2)cc1. The number of aryl methyl sites for hydroxylation is 1. The molecular weight excluding hydrogens is 414 g/mol. The van der Waals surface area contributed by atoms with Gasteiger partial charge in [-0.05, 0) is 49.4 Å². The van der Waals surface area contributed by atoms with Gasteiger partial charge in [-0.2, -0.15) is 9.61 Å². The second-order valence-electron chi connectivity index (χ2n) is 6.21. The number of hydrogen-bond acceptors (Lipinski definition) is 6. The third-order valence-corrected chi connectivity index (χ3v) is 5.90. The molecule has 1 N–H and O–H groups in total. The van der Waals surface area contributed by atoms with Crippen LogP contribution in [-0.2, 0) is 10.0 Å². The van der Waals surface area contributed by atoms with Crippen LogP contribution in [0.1, 0.15) is 5.82 Å². The van der Waals surface area contributed by atoms with E-state index in [0.717, 1.165) is 5.56 Å². The van der Waals surface area contributed by atoms with Gasteiger partial charge < -0.3 is 4.74 Å². The van der Waals surface area contributed by atoms with Crippen LogP contribution in [0.5, 0.6) is 5.75 Å². The van der Waals surface area contributed by atoms with Gasteiger partial charge in [0.15, 0.2) is 11.5 Å². The lowest BCUT2D eigenvalue weighted by atomic mass is 10.1. The number of nitrogens with zero attached hydrogens (tertiary/aromatic N) is 4. The average Bonchev–Trinajstić information content (AvgIpc) is 3.08. The van der Waals surface area contributed by atoms with Gasteiger partial charge in [-0.3, -0.25) is 4.72 Å². The minimum Gasteiger partial charge on any atom is -0.495 e. The first-order valence-electron chi connectivity index (χ1n) is 8.53. The number of fused-ring (bicyclic) bond motifs is 1. The van der Waals surface area contributed by atoms with Crippen LogP contribution in [0.4, 0.5) is 5.69 Å². The molecule has 0 atom stereocenters. The number of halogens is 1. The summed E-state index contributed by atoms with van der Waals surface area (Å²) in [6.07, 6.45) is 0. The summed E-state index contributed by atoms with van der Waals surface area (Å²) in [5.41, 5.74) is 2.60. The number of ether oxygens (including phenoxy) is 1. The van der Waals surface area contributed by atoms with Gasteiger partial charge in [0.1, 0.15) is 10.6 Å². The molecule has 0 aliphatic rings. The van der Waals surface area contributed by atoms with Crippen molar-refractivity contribution in [2.75, 3.05) is 11.8 Å². The number of sulfonamides is 1. The average molecular weight is 430 g/mol. The Hall–Kier alpha value is -3.17. The Morgan fingerprint density at radius 1 is 1.03 bits per heavy atom. The highest BCUT2D eigenvalue weighted by atomic mass is 35.5. The molecule has 2 aromatic heterocycles. The summed E-state index contributed by atoms with van der Waals surface area (Å²) in [5.74, 6) is 0.891. The fourth-order valence-electron chi connectivity index (χ4n) is 2.83. The molecular formula is C19H16ClN5O3S. The quantitative estimate of drug-likeness (QED) is 0.520. The monoisotopic (exact) mass is 429 g/mol. The summed E-state index contributed by atoms with van der Waals surface area (Å²) in [6.45, 7) is 1.82. The topological polar surface area (TPSA) is 98.5 Å². The lowest BCUT2D eigenvalue weighted by Gasteiger charge is -2.12. The summed E-state index contributed by atoms with van der Waals surface area (Å²) in [5, 5.41) is 12.8. The van der Waals surface area contributed by atoms with Gasteiger partial charge in [-0.1, -0.05) is 23.7 Å². The van der Waals surface area contributed by atoms with Gasteiger partial charge in [-0.25, -0.2) is 8.42 Å². The number of rotatable bonds is 5. The van der Waals surface area contributed by atoms with Crippen LogP contribution < -0.4 is 9.46 Å². The fourth-order valence-corrected chi connectivity index (χ4v) is 4.32. The van der Waals surface area contributed by atoms with Gasteiger partial charge in [-0.15, -0.1) is 10.2 Å². The first-order chi connectivity index (χ1) is 13.9. The minimum atomic E-state index is -3.88. The molecule has 0 spiro atoms. The van der Waals surface area contributed by atoms with Crippen molar-refractivity contribution >= 4 is 33.0 Å². The van der Waals surface area contributed by atoms with E-state index in [1.165, 1.54) is 19.2 Å². The Morgan fingerprint density at radius 2 is 1.79 bits per heavy atom. The Morgan fingerprint density at radius 3 is 2.52 bits per heavy atom. The van der Waals surface area contributed by atoms with Crippen molar-refractivity contribution in [1.29, 1.82) is 0 Å². The van der Waals surface area contributed by atoms with Crippen molar-refractivity contribution in [1.82, 2.24) is 19.8 Å². The third kappa shape index (κ3) is 3.74. The highest BCUT2D eigenvalue weighted by Gasteiger charge is 2.20. The summed E-state index contributed by atoms with van der Waals surface area (Å²) < 4.78 is 34.9. The zero-order valence-corrected chi connectivity index (χ0v) is 17.1. The Balaban J connectivity index is 1.62. The maximum Gasteiger partial charge on any atom is 0.265 e. The minimum absolute atomic E-state index is 0.0354. The number of hydrogen-bond donors (Lipinski definition) is 1. The molecule has 4 rings (SSSR count). The van der Waals surface area contributed by atoms with Crippen molar-refractivity contribution in [2.24, 2.45) is 0 Å². The van der Waals surface area contributed by atoms with Crippen LogP contribution in [0, 0.1) is 6.92 Å². The molecule has 10 heteroatoms. The Kier molecular flexibility index (Phi) is 4.85. The normalized spacial score (nSPS) is 11.6. The zero-order chi connectivity index (χ0) is 20.6. The largest absolute Gasteiger partial charge is 0.495 e. The summed E-state index contributed by atoms with van der Waals surface area (Å²) in [7, 11) is -2.48. The van der Waals surface area contributed by atoms with E-state index in [1.807, 2.05) is 19.1 Å². The van der Waals surface area contributed by atoms with E-state index in [-0.39, 0.29) is 10.6 Å². The van der Waals surface area contributed by atoms with Crippen LogP contribution in [0.25, 0.3) is 16.9 Å². The molecule has 8 nitrogen and oxygen atoms in total. The molecule has 0 amide bonds. The van der Waals surface area contributed by atoms with Crippen LogP contribution >= 0.6 is 11.6 Å². The van der Waals surface area contributed by atoms with Crippen molar-refractivity contribution in [3.05, 3.63) is 65.4 Å². The molecule has 4 aromatic rings. The standard InChI is InChI=1S/C19H16ClN5O3S/c1-12-21-22-19-10-8-16(23-25(12)19)13-3-6-15(7-4-13)24-29(26,27)18-11-14(20)5-9-17(18)28-2/h3-11,24H,1-2H3. The lowest BCUT2D eigenvalue weighted by molar-refractivity contribution is 0.403. The van der Waals surface area contributed by atoms with E-state index >= 15 is 0 Å². The molecule has 29 heavy (non-hydrogen) atoms. The molecule has 2 aromatic carbocycles. The van der Waals surface area contributed by atoms with E-state index in [4.69, 9.17) is 16.3 Å². The fraction of sp³-hybridized carbons (Fsp3) is 0.105. The molecule has 0 bridgehead atoms. The highest BCUT2D eigenvalue weighted by molar-refractivity contribution is 7.92. The second-order valence-corrected chi connectivity index (χ2v) is 8.30. The number of methoxy groups -OCH3 is 1. The van der Waals surface area contributed by atoms with E-state index in [1.54, 1.807) is 34.8 Å².